The lowest BCUT2D eigenvalue weighted by molar-refractivity contribution is 0.117. The van der Waals surface area contributed by atoms with E-state index in [1.165, 1.54) is 24.9 Å². The molecule has 1 aromatic carbocycles. The van der Waals surface area contributed by atoms with Crippen LogP contribution < -0.4 is 10.5 Å². The van der Waals surface area contributed by atoms with Gasteiger partial charge in [0.05, 0.1) is 7.11 Å². The van der Waals surface area contributed by atoms with Crippen LogP contribution in [0.3, 0.4) is 0 Å². The fourth-order valence-corrected chi connectivity index (χ4v) is 2.84. The molecule has 0 spiro atoms. The first kappa shape index (κ1) is 14.4. The molecule has 2 N–H and O–H groups in total. The summed E-state index contributed by atoms with van der Waals surface area (Å²) in [6.45, 7) is 6.76. The Balaban J connectivity index is 1.97. The molecule has 2 rings (SSSR count). The van der Waals surface area contributed by atoms with Crippen molar-refractivity contribution in [1.82, 2.24) is 4.90 Å². The molecule has 3 unspecified atom stereocenters. The molecule has 19 heavy (non-hydrogen) atoms. The lowest BCUT2D eigenvalue weighted by Gasteiger charge is -2.38. The Bertz CT molecular complexity index is 390. The summed E-state index contributed by atoms with van der Waals surface area (Å²) >= 11 is 0. The third kappa shape index (κ3) is 3.71. The van der Waals surface area contributed by atoms with Crippen molar-refractivity contribution in [2.45, 2.75) is 38.8 Å². The van der Waals surface area contributed by atoms with Gasteiger partial charge in [-0.1, -0.05) is 19.1 Å². The average molecular weight is 262 g/mol. The van der Waals surface area contributed by atoms with Crippen LogP contribution in [0.15, 0.2) is 24.3 Å². The summed E-state index contributed by atoms with van der Waals surface area (Å²) in [5.41, 5.74) is 7.53. The van der Waals surface area contributed by atoms with Gasteiger partial charge in [-0.3, -0.25) is 4.90 Å². The van der Waals surface area contributed by atoms with Crippen molar-refractivity contribution in [3.63, 3.8) is 0 Å². The molecule has 0 radical (unpaired) electrons. The minimum atomic E-state index is 0.0821. The van der Waals surface area contributed by atoms with Gasteiger partial charge in [-0.2, -0.15) is 0 Å². The molecule has 1 saturated heterocycles. The van der Waals surface area contributed by atoms with Gasteiger partial charge in [-0.25, -0.2) is 0 Å². The van der Waals surface area contributed by atoms with Crippen LogP contribution in [-0.4, -0.2) is 31.1 Å². The summed E-state index contributed by atoms with van der Waals surface area (Å²) in [5, 5.41) is 0. The van der Waals surface area contributed by atoms with Gasteiger partial charge in [0.2, 0.25) is 0 Å². The Labute approximate surface area is 116 Å². The van der Waals surface area contributed by atoms with E-state index in [9.17, 15) is 0 Å². The van der Waals surface area contributed by atoms with Gasteiger partial charge in [0.25, 0.3) is 0 Å². The fraction of sp³-hybridized carbons (Fsp3) is 0.625. The highest BCUT2D eigenvalue weighted by atomic mass is 16.5. The summed E-state index contributed by atoms with van der Waals surface area (Å²) in [5.74, 6) is 1.68. The van der Waals surface area contributed by atoms with Crippen molar-refractivity contribution in [2.75, 3.05) is 20.2 Å². The van der Waals surface area contributed by atoms with Crippen LogP contribution in [0.1, 0.15) is 38.3 Å². The monoisotopic (exact) mass is 262 g/mol. The number of benzene rings is 1. The SMILES string of the molecule is COc1ccc(C(N)CN2CC(C)CCC2C)cc1. The van der Waals surface area contributed by atoms with Crippen LogP contribution >= 0.6 is 0 Å². The molecular formula is C16H26N2O. The zero-order valence-electron chi connectivity index (χ0n) is 12.3. The lowest BCUT2D eigenvalue weighted by Crippen LogP contribution is -2.44. The first-order chi connectivity index (χ1) is 9.10. The second kappa shape index (κ2) is 6.40. The molecule has 1 aliphatic rings. The van der Waals surface area contributed by atoms with E-state index in [0.29, 0.717) is 6.04 Å². The molecule has 1 aliphatic heterocycles. The molecule has 106 valence electrons. The Hall–Kier alpha value is -1.06. The largest absolute Gasteiger partial charge is 0.497 e. The van der Waals surface area contributed by atoms with Crippen LogP contribution in [0.25, 0.3) is 0 Å². The number of likely N-dealkylation sites (tertiary alicyclic amines) is 1. The van der Waals surface area contributed by atoms with Crippen molar-refractivity contribution < 1.29 is 4.74 Å². The number of hydrogen-bond donors (Lipinski definition) is 1. The maximum Gasteiger partial charge on any atom is 0.118 e. The van der Waals surface area contributed by atoms with E-state index in [-0.39, 0.29) is 6.04 Å². The zero-order valence-corrected chi connectivity index (χ0v) is 12.3. The van der Waals surface area contributed by atoms with Crippen LogP contribution in [0, 0.1) is 5.92 Å². The van der Waals surface area contributed by atoms with Gasteiger partial charge in [0.15, 0.2) is 0 Å². The molecule has 1 aromatic rings. The summed E-state index contributed by atoms with van der Waals surface area (Å²) in [6.07, 6.45) is 2.63. The number of methoxy groups -OCH3 is 1. The van der Waals surface area contributed by atoms with Crippen LogP contribution in [0.4, 0.5) is 0 Å². The van der Waals surface area contributed by atoms with Gasteiger partial charge in [-0.05, 0) is 43.4 Å². The molecule has 0 aliphatic carbocycles. The first-order valence-corrected chi connectivity index (χ1v) is 7.23. The molecule has 0 amide bonds. The molecule has 3 atom stereocenters. The van der Waals surface area contributed by atoms with E-state index in [1.807, 2.05) is 12.1 Å². The summed E-state index contributed by atoms with van der Waals surface area (Å²) in [6, 6.07) is 8.84. The molecular weight excluding hydrogens is 236 g/mol. The number of nitrogens with two attached hydrogens (primary N) is 1. The third-order valence-electron chi connectivity index (χ3n) is 4.22. The Morgan fingerprint density at radius 2 is 1.95 bits per heavy atom. The normalized spacial score (nSPS) is 26.1. The third-order valence-corrected chi connectivity index (χ3v) is 4.22. The second-order valence-electron chi connectivity index (χ2n) is 5.87. The molecule has 1 heterocycles. The molecule has 3 heteroatoms. The topological polar surface area (TPSA) is 38.5 Å². The number of piperidine rings is 1. The van der Waals surface area contributed by atoms with Gasteiger partial charge >= 0.3 is 0 Å². The van der Waals surface area contributed by atoms with Crippen LogP contribution in [-0.2, 0) is 0 Å². The highest BCUT2D eigenvalue weighted by Crippen LogP contribution is 2.24. The number of nitrogens with zero attached hydrogens (tertiary/aromatic N) is 1. The summed E-state index contributed by atoms with van der Waals surface area (Å²) in [7, 11) is 1.69. The zero-order chi connectivity index (χ0) is 13.8. The van der Waals surface area contributed by atoms with Crippen molar-refractivity contribution in [3.8, 4) is 5.75 Å². The van der Waals surface area contributed by atoms with Crippen LogP contribution in [0.2, 0.25) is 0 Å². The summed E-state index contributed by atoms with van der Waals surface area (Å²) < 4.78 is 5.18. The Morgan fingerprint density at radius 1 is 1.26 bits per heavy atom. The van der Waals surface area contributed by atoms with Gasteiger partial charge in [0, 0.05) is 25.2 Å². The second-order valence-corrected chi connectivity index (χ2v) is 5.87. The molecule has 1 fully saturated rings. The van der Waals surface area contributed by atoms with E-state index in [0.717, 1.165) is 18.2 Å². The van der Waals surface area contributed by atoms with Gasteiger partial charge in [0.1, 0.15) is 5.75 Å². The standard InChI is InChI=1S/C16H26N2O/c1-12-4-5-13(2)18(10-12)11-16(17)14-6-8-15(19-3)9-7-14/h6-9,12-13,16H,4-5,10-11,17H2,1-3H3. The average Bonchev–Trinajstić information content (AvgIpc) is 2.43. The lowest BCUT2D eigenvalue weighted by atomic mass is 9.94. The Morgan fingerprint density at radius 3 is 2.58 bits per heavy atom. The van der Waals surface area contributed by atoms with E-state index in [1.54, 1.807) is 7.11 Å². The highest BCUT2D eigenvalue weighted by molar-refractivity contribution is 5.29. The minimum absolute atomic E-state index is 0.0821. The number of ether oxygens (including phenoxy) is 1. The van der Waals surface area contributed by atoms with E-state index in [4.69, 9.17) is 10.5 Å². The number of hydrogen-bond acceptors (Lipinski definition) is 3. The van der Waals surface area contributed by atoms with E-state index in [2.05, 4.69) is 30.9 Å². The van der Waals surface area contributed by atoms with Crippen molar-refractivity contribution >= 4 is 0 Å². The van der Waals surface area contributed by atoms with Gasteiger partial charge in [-0.15, -0.1) is 0 Å². The first-order valence-electron chi connectivity index (χ1n) is 7.23. The molecule has 0 aromatic heterocycles. The molecule has 3 nitrogen and oxygen atoms in total. The predicted molar refractivity (Wildman–Crippen MR) is 79.4 cm³/mol. The number of rotatable bonds is 4. The van der Waals surface area contributed by atoms with Crippen molar-refractivity contribution in [3.05, 3.63) is 29.8 Å². The predicted octanol–water partition coefficient (Wildman–Crippen LogP) is 2.82. The minimum Gasteiger partial charge on any atom is -0.497 e. The smallest absolute Gasteiger partial charge is 0.118 e. The van der Waals surface area contributed by atoms with E-state index >= 15 is 0 Å². The fourth-order valence-electron chi connectivity index (χ4n) is 2.84. The molecule has 0 bridgehead atoms. The van der Waals surface area contributed by atoms with Crippen LogP contribution in [0.5, 0.6) is 5.75 Å². The van der Waals surface area contributed by atoms with Crippen molar-refractivity contribution in [1.29, 1.82) is 0 Å². The highest BCUT2D eigenvalue weighted by Gasteiger charge is 2.24. The van der Waals surface area contributed by atoms with Crippen molar-refractivity contribution in [2.24, 2.45) is 11.7 Å². The quantitative estimate of drug-likeness (QED) is 0.907. The maximum atomic E-state index is 6.34. The Kier molecular flexibility index (Phi) is 4.83. The maximum absolute atomic E-state index is 6.34. The molecule has 0 saturated carbocycles. The van der Waals surface area contributed by atoms with E-state index < -0.39 is 0 Å². The summed E-state index contributed by atoms with van der Waals surface area (Å²) in [4.78, 5) is 2.53. The van der Waals surface area contributed by atoms with Gasteiger partial charge < -0.3 is 10.5 Å².